The molecule has 478 valence electrons. The molecule has 3 atom stereocenters. The average molecular weight is 1150 g/mol. The molecule has 0 saturated carbocycles. The average Bonchev–Trinajstić information content (AvgIpc) is 3.42. The predicted molar refractivity (Wildman–Crippen MR) is 349 cm³/mol. The lowest BCUT2D eigenvalue weighted by molar-refractivity contribution is -0.870. The van der Waals surface area contributed by atoms with Gasteiger partial charge in [-0.05, 0) is 38.5 Å². The molecule has 0 aromatic rings. The molecule has 0 heterocycles. The number of aliphatic hydroxyl groups is 1. The number of carbonyl (C=O) groups excluding carboxylic acids is 1. The number of hydrogen-bond acceptors (Lipinski definition) is 6. The standard InChI is InChI=1S/C71H143N2O6P/c1-6-8-10-12-14-16-18-20-22-24-26-27-28-29-30-31-32-33-34-35-36-37-38-39-40-41-42-43-44-45-47-49-51-53-55-57-59-61-63-65-71(75)72-69(68-79-80(76,77)78-67-66-73(3,4)5)70(74)64-62-60-58-56-54-52-50-48-46-25-23-21-19-17-15-13-11-9-7-2/h24,26,69-70,74H,6-23,25,27-68H2,1-5H3,(H-,72,75,76,77)/b26-24-. The van der Waals surface area contributed by atoms with Crippen molar-refractivity contribution in [1.82, 2.24) is 5.32 Å². The van der Waals surface area contributed by atoms with Gasteiger partial charge in [-0.15, -0.1) is 0 Å². The van der Waals surface area contributed by atoms with Crippen LogP contribution in [0.2, 0.25) is 0 Å². The number of aliphatic hydroxyl groups excluding tert-OH is 1. The first kappa shape index (κ1) is 79.2. The van der Waals surface area contributed by atoms with Crippen LogP contribution in [0.1, 0.15) is 386 Å². The number of carbonyl (C=O) groups is 1. The summed E-state index contributed by atoms with van der Waals surface area (Å²) in [6.45, 7) is 4.79. The lowest BCUT2D eigenvalue weighted by atomic mass is 10.0. The van der Waals surface area contributed by atoms with Gasteiger partial charge in [-0.2, -0.15) is 0 Å². The molecular weight excluding hydrogens is 1010 g/mol. The van der Waals surface area contributed by atoms with E-state index in [1.165, 1.54) is 321 Å². The number of likely N-dealkylation sites (N-methyl/N-ethyl adjacent to an activating group) is 1. The van der Waals surface area contributed by atoms with E-state index in [0.29, 0.717) is 23.9 Å². The number of nitrogens with zero attached hydrogens (tertiary/aromatic N) is 1. The van der Waals surface area contributed by atoms with Crippen molar-refractivity contribution >= 4 is 13.7 Å². The third kappa shape index (κ3) is 64.8. The van der Waals surface area contributed by atoms with Crippen LogP contribution >= 0.6 is 7.82 Å². The molecule has 0 aliphatic carbocycles. The van der Waals surface area contributed by atoms with E-state index >= 15 is 0 Å². The normalized spacial score (nSPS) is 13.6. The summed E-state index contributed by atoms with van der Waals surface area (Å²) in [5.74, 6) is -0.155. The van der Waals surface area contributed by atoms with Gasteiger partial charge in [0, 0.05) is 6.42 Å². The van der Waals surface area contributed by atoms with Gasteiger partial charge in [0.1, 0.15) is 13.2 Å². The van der Waals surface area contributed by atoms with Crippen LogP contribution in [0.25, 0.3) is 0 Å². The molecule has 0 spiro atoms. The summed E-state index contributed by atoms with van der Waals surface area (Å²) in [6.07, 6.45) is 80.2. The van der Waals surface area contributed by atoms with Gasteiger partial charge in [-0.1, -0.05) is 353 Å². The minimum absolute atomic E-state index is 0.0162. The van der Waals surface area contributed by atoms with E-state index < -0.39 is 20.0 Å². The summed E-state index contributed by atoms with van der Waals surface area (Å²) in [4.78, 5) is 25.6. The van der Waals surface area contributed by atoms with E-state index in [-0.39, 0.29) is 19.1 Å². The Kier molecular flexibility index (Phi) is 62.2. The number of phosphoric acid groups is 1. The van der Waals surface area contributed by atoms with Crippen LogP contribution < -0.4 is 10.2 Å². The van der Waals surface area contributed by atoms with E-state index in [2.05, 4.69) is 31.3 Å². The Balaban J connectivity index is 3.86. The second-order valence-corrected chi connectivity index (χ2v) is 27.7. The van der Waals surface area contributed by atoms with Crippen LogP contribution in [-0.4, -0.2) is 68.5 Å². The van der Waals surface area contributed by atoms with Gasteiger partial charge in [0.2, 0.25) is 5.91 Å². The molecule has 0 aliphatic rings. The maximum absolute atomic E-state index is 13.0. The Morgan fingerprint density at radius 1 is 0.425 bits per heavy atom. The number of allylic oxidation sites excluding steroid dienone is 2. The molecule has 0 saturated heterocycles. The topological polar surface area (TPSA) is 108 Å². The minimum Gasteiger partial charge on any atom is -0.756 e. The summed E-state index contributed by atoms with van der Waals surface area (Å²) < 4.78 is 23.5. The first-order chi connectivity index (χ1) is 39.0. The maximum atomic E-state index is 13.0. The molecule has 1 amide bonds. The van der Waals surface area contributed by atoms with Gasteiger partial charge in [0.25, 0.3) is 7.82 Å². The van der Waals surface area contributed by atoms with Gasteiger partial charge < -0.3 is 28.8 Å². The highest BCUT2D eigenvalue weighted by atomic mass is 31.2. The molecule has 0 radical (unpaired) electrons. The van der Waals surface area contributed by atoms with Gasteiger partial charge in [0.15, 0.2) is 0 Å². The molecule has 0 aromatic heterocycles. The van der Waals surface area contributed by atoms with Crippen molar-refractivity contribution in [2.75, 3.05) is 40.9 Å². The fourth-order valence-corrected chi connectivity index (χ4v) is 12.1. The zero-order valence-corrected chi connectivity index (χ0v) is 55.7. The molecule has 0 aromatic carbocycles. The van der Waals surface area contributed by atoms with Crippen LogP contribution in [0.4, 0.5) is 0 Å². The molecular formula is C71H143N2O6P. The molecule has 0 aliphatic heterocycles. The molecule has 9 heteroatoms. The predicted octanol–water partition coefficient (Wildman–Crippen LogP) is 22.3. The van der Waals surface area contributed by atoms with Crippen molar-refractivity contribution in [3.63, 3.8) is 0 Å². The Hall–Kier alpha value is -0.760. The van der Waals surface area contributed by atoms with Gasteiger partial charge in [-0.25, -0.2) is 0 Å². The summed E-state index contributed by atoms with van der Waals surface area (Å²) in [5.41, 5.74) is 0. The second-order valence-electron chi connectivity index (χ2n) is 26.3. The van der Waals surface area contributed by atoms with E-state index in [0.717, 1.165) is 38.5 Å². The molecule has 3 unspecified atom stereocenters. The van der Waals surface area contributed by atoms with Crippen LogP contribution in [0, 0.1) is 0 Å². The quantitative estimate of drug-likeness (QED) is 0.0272. The number of unbranched alkanes of at least 4 members (excludes halogenated alkanes) is 53. The Bertz CT molecular complexity index is 1310. The number of hydrogen-bond donors (Lipinski definition) is 2. The highest BCUT2D eigenvalue weighted by molar-refractivity contribution is 7.45. The fourth-order valence-electron chi connectivity index (χ4n) is 11.4. The number of nitrogens with one attached hydrogen (secondary N) is 1. The van der Waals surface area contributed by atoms with Crippen molar-refractivity contribution in [2.24, 2.45) is 0 Å². The van der Waals surface area contributed by atoms with Crippen LogP contribution in [0.5, 0.6) is 0 Å². The largest absolute Gasteiger partial charge is 0.756 e. The third-order valence-electron chi connectivity index (χ3n) is 17.0. The molecule has 0 bridgehead atoms. The first-order valence-electron chi connectivity index (χ1n) is 36.0. The van der Waals surface area contributed by atoms with Crippen molar-refractivity contribution in [3.8, 4) is 0 Å². The monoisotopic (exact) mass is 1150 g/mol. The highest BCUT2D eigenvalue weighted by Gasteiger charge is 2.24. The van der Waals surface area contributed by atoms with Crippen LogP contribution in [-0.2, 0) is 18.4 Å². The molecule has 2 N–H and O–H groups in total. The summed E-state index contributed by atoms with van der Waals surface area (Å²) >= 11 is 0. The lowest BCUT2D eigenvalue weighted by Gasteiger charge is -2.30. The first-order valence-corrected chi connectivity index (χ1v) is 37.5. The van der Waals surface area contributed by atoms with Crippen LogP contribution in [0.3, 0.4) is 0 Å². The van der Waals surface area contributed by atoms with Gasteiger partial charge in [-0.3, -0.25) is 9.36 Å². The Morgan fingerprint density at radius 3 is 0.975 bits per heavy atom. The van der Waals surface area contributed by atoms with Crippen LogP contribution in [0.15, 0.2) is 12.2 Å². The van der Waals surface area contributed by atoms with Gasteiger partial charge >= 0.3 is 0 Å². The fraction of sp³-hybridized carbons (Fsp3) is 0.958. The van der Waals surface area contributed by atoms with Crippen molar-refractivity contribution in [2.45, 2.75) is 398 Å². The molecule has 0 rings (SSSR count). The number of phosphoric ester groups is 1. The smallest absolute Gasteiger partial charge is 0.268 e. The number of rotatable bonds is 68. The van der Waals surface area contributed by atoms with E-state index in [9.17, 15) is 19.4 Å². The zero-order chi connectivity index (χ0) is 58.4. The van der Waals surface area contributed by atoms with Crippen molar-refractivity contribution in [3.05, 3.63) is 12.2 Å². The Morgan fingerprint density at radius 2 is 0.688 bits per heavy atom. The summed E-state index contributed by atoms with van der Waals surface area (Å²) in [7, 11) is 1.33. The molecule has 8 nitrogen and oxygen atoms in total. The van der Waals surface area contributed by atoms with E-state index in [1.807, 2.05) is 21.1 Å². The molecule has 0 fully saturated rings. The van der Waals surface area contributed by atoms with Gasteiger partial charge in [0.05, 0.1) is 39.9 Å². The van der Waals surface area contributed by atoms with E-state index in [4.69, 9.17) is 9.05 Å². The third-order valence-corrected chi connectivity index (χ3v) is 18.0. The van der Waals surface area contributed by atoms with E-state index in [1.54, 1.807) is 0 Å². The van der Waals surface area contributed by atoms with Crippen molar-refractivity contribution < 1.29 is 32.9 Å². The SMILES string of the molecule is CCCCCCCCCC/C=C\CCCCCCCCCCCCCCCCCCCCCCCCCCCCCC(=O)NC(COP(=O)([O-])OCC[N+](C)(C)C)C(O)CCCCCCCCCCCCCCCCCCCCC. The lowest BCUT2D eigenvalue weighted by Crippen LogP contribution is -2.46. The Labute approximate surface area is 501 Å². The number of amides is 1. The second kappa shape index (κ2) is 62.8. The zero-order valence-electron chi connectivity index (χ0n) is 54.8. The number of quaternary nitrogens is 1. The highest BCUT2D eigenvalue weighted by Crippen LogP contribution is 2.38. The minimum atomic E-state index is -4.57. The summed E-state index contributed by atoms with van der Waals surface area (Å²) in [6, 6.07) is -0.797. The van der Waals surface area contributed by atoms with Crippen molar-refractivity contribution in [1.29, 1.82) is 0 Å². The maximum Gasteiger partial charge on any atom is 0.268 e. The summed E-state index contributed by atoms with van der Waals surface area (Å²) in [5, 5.41) is 14.1. The molecule has 80 heavy (non-hydrogen) atoms.